The molecule has 0 spiro atoms. The minimum absolute atomic E-state index is 0.314. The molecule has 0 aliphatic carbocycles. The average Bonchev–Trinajstić information content (AvgIpc) is 2.41. The van der Waals surface area contributed by atoms with E-state index in [2.05, 4.69) is 69.1 Å². The predicted octanol–water partition coefficient (Wildman–Crippen LogP) is 3.98. The lowest BCUT2D eigenvalue weighted by atomic mass is 9.83. The van der Waals surface area contributed by atoms with Gasteiger partial charge in [0.05, 0.1) is 0 Å². The molecule has 0 saturated carbocycles. The highest BCUT2D eigenvalue weighted by Crippen LogP contribution is 2.28. The molecule has 2 nitrogen and oxygen atoms in total. The zero-order valence-electron chi connectivity index (χ0n) is 14.4. The van der Waals surface area contributed by atoms with Crippen LogP contribution < -0.4 is 5.32 Å². The fourth-order valence-corrected chi connectivity index (χ4v) is 3.38. The molecule has 0 amide bonds. The van der Waals surface area contributed by atoms with Gasteiger partial charge in [0, 0.05) is 31.7 Å². The van der Waals surface area contributed by atoms with Crippen molar-refractivity contribution in [2.24, 2.45) is 5.41 Å². The van der Waals surface area contributed by atoms with Crippen molar-refractivity contribution < 1.29 is 0 Å². The molecule has 118 valence electrons. The Hall–Kier alpha value is -0.860. The van der Waals surface area contributed by atoms with Crippen molar-refractivity contribution in [3.63, 3.8) is 0 Å². The van der Waals surface area contributed by atoms with Crippen LogP contribution in [0.1, 0.15) is 51.7 Å². The number of rotatable bonds is 4. The Bertz CT molecular complexity index is 430. The van der Waals surface area contributed by atoms with Gasteiger partial charge in [-0.05, 0) is 24.3 Å². The van der Waals surface area contributed by atoms with Crippen LogP contribution in [-0.2, 0) is 6.54 Å². The SMILES string of the molecule is CCCC1CN(Cc2ccc(C)cc2)C(C(C)(C)C)CN1. The highest BCUT2D eigenvalue weighted by atomic mass is 15.2. The molecular formula is C19H32N2. The number of aryl methyl sites for hydroxylation is 1. The Morgan fingerprint density at radius 3 is 2.43 bits per heavy atom. The Labute approximate surface area is 130 Å². The Morgan fingerprint density at radius 2 is 1.86 bits per heavy atom. The molecule has 0 aromatic heterocycles. The minimum Gasteiger partial charge on any atom is -0.311 e. The summed E-state index contributed by atoms with van der Waals surface area (Å²) in [5.41, 5.74) is 3.09. The van der Waals surface area contributed by atoms with Gasteiger partial charge in [0.15, 0.2) is 0 Å². The van der Waals surface area contributed by atoms with Crippen LogP contribution in [0.3, 0.4) is 0 Å². The van der Waals surface area contributed by atoms with Crippen molar-refractivity contribution >= 4 is 0 Å². The molecule has 1 aliphatic rings. The second-order valence-corrected chi connectivity index (χ2v) is 7.69. The average molecular weight is 288 g/mol. The third-order valence-electron chi connectivity index (χ3n) is 4.64. The molecule has 1 heterocycles. The Morgan fingerprint density at radius 1 is 1.19 bits per heavy atom. The van der Waals surface area contributed by atoms with Gasteiger partial charge in [-0.15, -0.1) is 0 Å². The number of piperazine rings is 1. The molecule has 1 N–H and O–H groups in total. The number of benzene rings is 1. The van der Waals surface area contributed by atoms with E-state index in [0.29, 0.717) is 17.5 Å². The molecule has 0 bridgehead atoms. The Kier molecular flexibility index (Phi) is 5.45. The highest BCUT2D eigenvalue weighted by molar-refractivity contribution is 5.21. The van der Waals surface area contributed by atoms with E-state index < -0.39 is 0 Å². The van der Waals surface area contributed by atoms with Gasteiger partial charge in [0.2, 0.25) is 0 Å². The maximum atomic E-state index is 3.76. The fourth-order valence-electron chi connectivity index (χ4n) is 3.38. The lowest BCUT2D eigenvalue weighted by Crippen LogP contribution is -2.60. The first-order chi connectivity index (χ1) is 9.90. The van der Waals surface area contributed by atoms with Crippen molar-refractivity contribution in [2.75, 3.05) is 13.1 Å². The van der Waals surface area contributed by atoms with Gasteiger partial charge >= 0.3 is 0 Å². The van der Waals surface area contributed by atoms with Crippen LogP contribution in [0.2, 0.25) is 0 Å². The smallest absolute Gasteiger partial charge is 0.0273 e. The van der Waals surface area contributed by atoms with Crippen molar-refractivity contribution in [1.82, 2.24) is 10.2 Å². The van der Waals surface area contributed by atoms with Crippen LogP contribution in [0.4, 0.5) is 0 Å². The standard InChI is InChI=1S/C19H32N2/c1-6-7-17-14-21(18(12-20-17)19(3,4)5)13-16-10-8-15(2)9-11-16/h8-11,17-18,20H,6-7,12-14H2,1-5H3. The summed E-state index contributed by atoms with van der Waals surface area (Å²) in [6.45, 7) is 14.9. The summed E-state index contributed by atoms with van der Waals surface area (Å²) in [5, 5.41) is 3.76. The van der Waals surface area contributed by atoms with Crippen LogP contribution >= 0.6 is 0 Å². The van der Waals surface area contributed by atoms with E-state index in [9.17, 15) is 0 Å². The molecular weight excluding hydrogens is 256 g/mol. The summed E-state index contributed by atoms with van der Waals surface area (Å²) in [6, 6.07) is 10.3. The molecule has 1 saturated heterocycles. The van der Waals surface area contributed by atoms with Gasteiger partial charge in [-0.1, -0.05) is 63.9 Å². The first kappa shape index (κ1) is 16.5. The van der Waals surface area contributed by atoms with Gasteiger partial charge in [0.25, 0.3) is 0 Å². The summed E-state index contributed by atoms with van der Waals surface area (Å²) in [6.07, 6.45) is 2.54. The van der Waals surface area contributed by atoms with Gasteiger partial charge in [-0.3, -0.25) is 4.90 Å². The van der Waals surface area contributed by atoms with E-state index in [0.717, 1.165) is 13.1 Å². The first-order valence-electron chi connectivity index (χ1n) is 8.43. The lowest BCUT2D eigenvalue weighted by molar-refractivity contribution is 0.0474. The van der Waals surface area contributed by atoms with Crippen LogP contribution in [-0.4, -0.2) is 30.1 Å². The van der Waals surface area contributed by atoms with E-state index in [4.69, 9.17) is 0 Å². The molecule has 2 heteroatoms. The molecule has 2 unspecified atom stereocenters. The van der Waals surface area contributed by atoms with Crippen LogP contribution in [0.5, 0.6) is 0 Å². The van der Waals surface area contributed by atoms with Gasteiger partial charge in [0.1, 0.15) is 0 Å². The van der Waals surface area contributed by atoms with Crippen LogP contribution in [0.25, 0.3) is 0 Å². The molecule has 1 aliphatic heterocycles. The zero-order chi connectivity index (χ0) is 15.5. The zero-order valence-corrected chi connectivity index (χ0v) is 14.4. The summed E-state index contributed by atoms with van der Waals surface area (Å²) in [4.78, 5) is 2.70. The third-order valence-corrected chi connectivity index (χ3v) is 4.64. The number of hydrogen-bond donors (Lipinski definition) is 1. The fraction of sp³-hybridized carbons (Fsp3) is 0.684. The van der Waals surface area contributed by atoms with E-state index in [-0.39, 0.29) is 0 Å². The number of hydrogen-bond acceptors (Lipinski definition) is 2. The molecule has 2 rings (SSSR count). The van der Waals surface area contributed by atoms with Crippen molar-refractivity contribution in [1.29, 1.82) is 0 Å². The Balaban J connectivity index is 2.10. The molecule has 2 atom stereocenters. The largest absolute Gasteiger partial charge is 0.311 e. The maximum Gasteiger partial charge on any atom is 0.0273 e. The first-order valence-corrected chi connectivity index (χ1v) is 8.43. The second-order valence-electron chi connectivity index (χ2n) is 7.69. The van der Waals surface area contributed by atoms with Crippen molar-refractivity contribution in [2.45, 2.75) is 66.1 Å². The number of nitrogens with zero attached hydrogens (tertiary/aromatic N) is 1. The van der Waals surface area contributed by atoms with Crippen LogP contribution in [0.15, 0.2) is 24.3 Å². The summed E-state index contributed by atoms with van der Waals surface area (Å²) >= 11 is 0. The quantitative estimate of drug-likeness (QED) is 0.901. The monoisotopic (exact) mass is 288 g/mol. The van der Waals surface area contributed by atoms with Gasteiger partial charge < -0.3 is 5.32 Å². The maximum absolute atomic E-state index is 3.76. The highest BCUT2D eigenvalue weighted by Gasteiger charge is 2.35. The van der Waals surface area contributed by atoms with Crippen LogP contribution in [0, 0.1) is 12.3 Å². The van der Waals surface area contributed by atoms with E-state index in [1.165, 1.54) is 30.5 Å². The lowest BCUT2D eigenvalue weighted by Gasteiger charge is -2.46. The summed E-state index contributed by atoms with van der Waals surface area (Å²) in [7, 11) is 0. The molecule has 21 heavy (non-hydrogen) atoms. The minimum atomic E-state index is 0.314. The van der Waals surface area contributed by atoms with E-state index in [1.54, 1.807) is 0 Å². The normalized spacial score (nSPS) is 24.2. The third kappa shape index (κ3) is 4.55. The topological polar surface area (TPSA) is 15.3 Å². The summed E-state index contributed by atoms with van der Waals surface area (Å²) in [5.74, 6) is 0. The van der Waals surface area contributed by atoms with Gasteiger partial charge in [-0.25, -0.2) is 0 Å². The molecule has 1 aromatic carbocycles. The second kappa shape index (κ2) is 6.93. The molecule has 0 radical (unpaired) electrons. The van der Waals surface area contributed by atoms with Crippen molar-refractivity contribution in [3.8, 4) is 0 Å². The van der Waals surface area contributed by atoms with Crippen molar-refractivity contribution in [3.05, 3.63) is 35.4 Å². The predicted molar refractivity (Wildman–Crippen MR) is 91.5 cm³/mol. The van der Waals surface area contributed by atoms with E-state index >= 15 is 0 Å². The molecule has 1 aromatic rings. The molecule has 1 fully saturated rings. The van der Waals surface area contributed by atoms with Gasteiger partial charge in [-0.2, -0.15) is 0 Å². The van der Waals surface area contributed by atoms with E-state index in [1.807, 2.05) is 0 Å². The number of nitrogens with one attached hydrogen (secondary N) is 1. The summed E-state index contributed by atoms with van der Waals surface area (Å²) < 4.78 is 0.